The van der Waals surface area contributed by atoms with Crippen molar-refractivity contribution in [3.8, 4) is 6.07 Å². The topological polar surface area (TPSA) is 62.5 Å². The zero-order valence-electron chi connectivity index (χ0n) is 15.5. The third-order valence-corrected chi connectivity index (χ3v) is 5.29. The molecule has 0 N–H and O–H groups in total. The van der Waals surface area contributed by atoms with Gasteiger partial charge in [0, 0.05) is 36.6 Å². The number of pyridine rings is 3. The summed E-state index contributed by atoms with van der Waals surface area (Å²) in [7, 11) is 0. The number of benzene rings is 1. The maximum absolute atomic E-state index is 9.44. The first-order valence-corrected chi connectivity index (χ1v) is 9.98. The highest BCUT2D eigenvalue weighted by molar-refractivity contribution is 9.10. The van der Waals surface area contributed by atoms with Crippen molar-refractivity contribution in [3.63, 3.8) is 0 Å². The summed E-state index contributed by atoms with van der Waals surface area (Å²) < 4.78 is 0.771. The highest BCUT2D eigenvalue weighted by Crippen LogP contribution is 2.42. The number of rotatable bonds is 5. The predicted molar refractivity (Wildman–Crippen MR) is 115 cm³/mol. The van der Waals surface area contributed by atoms with Crippen molar-refractivity contribution in [2.45, 2.75) is 11.8 Å². The van der Waals surface area contributed by atoms with Crippen LogP contribution < -0.4 is 0 Å². The molecule has 0 radical (unpaired) electrons. The van der Waals surface area contributed by atoms with Gasteiger partial charge >= 0.3 is 0 Å². The van der Waals surface area contributed by atoms with Crippen LogP contribution in [0.15, 0.2) is 96.1 Å². The average Bonchev–Trinajstić information content (AvgIpc) is 2.78. The van der Waals surface area contributed by atoms with Gasteiger partial charge in [-0.2, -0.15) is 5.26 Å². The van der Waals surface area contributed by atoms with Crippen molar-refractivity contribution in [1.29, 1.82) is 5.26 Å². The Balaban J connectivity index is 1.97. The Hall–Kier alpha value is -3.36. The number of aromatic nitrogens is 3. The molecule has 29 heavy (non-hydrogen) atoms. The molecule has 5 heteroatoms. The zero-order valence-corrected chi connectivity index (χ0v) is 17.1. The highest BCUT2D eigenvalue weighted by Gasteiger charge is 2.30. The molecule has 0 amide bonds. The summed E-state index contributed by atoms with van der Waals surface area (Å²) in [5, 5.41) is 9.44. The van der Waals surface area contributed by atoms with Gasteiger partial charge in [0.2, 0.25) is 0 Å². The lowest BCUT2D eigenvalue weighted by molar-refractivity contribution is 0.668. The largest absolute Gasteiger partial charge is 0.264 e. The first-order valence-electron chi connectivity index (χ1n) is 9.18. The number of halogens is 1. The molecule has 1 unspecified atom stereocenters. The molecule has 140 valence electrons. The molecule has 0 saturated heterocycles. The Bertz CT molecular complexity index is 1100. The summed E-state index contributed by atoms with van der Waals surface area (Å²) in [6, 6.07) is 23.9. The monoisotopic (exact) mass is 440 g/mol. The smallest absolute Gasteiger partial charge is 0.106 e. The fourth-order valence-corrected chi connectivity index (χ4v) is 3.99. The van der Waals surface area contributed by atoms with Crippen molar-refractivity contribution < 1.29 is 0 Å². The van der Waals surface area contributed by atoms with Gasteiger partial charge in [-0.15, -0.1) is 0 Å². The molecule has 1 aromatic carbocycles. The van der Waals surface area contributed by atoms with Crippen LogP contribution in [0.5, 0.6) is 0 Å². The van der Waals surface area contributed by atoms with Crippen molar-refractivity contribution in [3.05, 3.63) is 124 Å². The van der Waals surface area contributed by atoms with Crippen LogP contribution in [0.4, 0.5) is 0 Å². The van der Waals surface area contributed by atoms with Crippen molar-refractivity contribution >= 4 is 15.9 Å². The SMILES string of the molecule is N#Cc1cccc(C(c2cccc(Br)n2)C(c2cccnc2)c2cccnc2)c1. The van der Waals surface area contributed by atoms with Gasteiger partial charge in [-0.05, 0) is 69.0 Å². The lowest BCUT2D eigenvalue weighted by atomic mass is 9.76. The van der Waals surface area contributed by atoms with Gasteiger partial charge in [-0.25, -0.2) is 4.98 Å². The number of hydrogen-bond acceptors (Lipinski definition) is 4. The Labute approximate surface area is 178 Å². The van der Waals surface area contributed by atoms with E-state index < -0.39 is 0 Å². The van der Waals surface area contributed by atoms with E-state index in [0.717, 1.165) is 27.0 Å². The molecule has 4 nitrogen and oxygen atoms in total. The van der Waals surface area contributed by atoms with Crippen LogP contribution in [0.3, 0.4) is 0 Å². The zero-order chi connectivity index (χ0) is 20.1. The maximum atomic E-state index is 9.44. The first kappa shape index (κ1) is 19.0. The third kappa shape index (κ3) is 4.23. The molecule has 0 aliphatic heterocycles. The van der Waals surface area contributed by atoms with E-state index in [-0.39, 0.29) is 11.8 Å². The minimum Gasteiger partial charge on any atom is -0.264 e. The van der Waals surface area contributed by atoms with Gasteiger partial charge in [0.05, 0.1) is 17.3 Å². The Morgan fingerprint density at radius 1 is 0.759 bits per heavy atom. The molecule has 1 atom stereocenters. The van der Waals surface area contributed by atoms with Gasteiger partial charge in [0.25, 0.3) is 0 Å². The molecule has 0 aliphatic rings. The van der Waals surface area contributed by atoms with E-state index in [1.165, 1.54) is 0 Å². The normalized spacial score (nSPS) is 11.8. The molecule has 3 heterocycles. The van der Waals surface area contributed by atoms with Gasteiger partial charge in [-0.3, -0.25) is 9.97 Å². The average molecular weight is 441 g/mol. The summed E-state index contributed by atoms with van der Waals surface area (Å²) in [6.45, 7) is 0. The van der Waals surface area contributed by atoms with Crippen molar-refractivity contribution in [2.75, 3.05) is 0 Å². The van der Waals surface area contributed by atoms with Gasteiger partial charge in [0.1, 0.15) is 4.60 Å². The number of nitrogens with zero attached hydrogens (tertiary/aromatic N) is 4. The second kappa shape index (κ2) is 8.76. The molecule has 0 saturated carbocycles. The molecule has 0 spiro atoms. The number of hydrogen-bond donors (Lipinski definition) is 0. The molecule has 0 bridgehead atoms. The van der Waals surface area contributed by atoms with Gasteiger partial charge in [0.15, 0.2) is 0 Å². The minimum atomic E-state index is -0.116. The van der Waals surface area contributed by atoms with Crippen molar-refractivity contribution in [1.82, 2.24) is 15.0 Å². The maximum Gasteiger partial charge on any atom is 0.106 e. The van der Waals surface area contributed by atoms with E-state index in [2.05, 4.69) is 44.1 Å². The highest BCUT2D eigenvalue weighted by atomic mass is 79.9. The molecule has 3 aromatic heterocycles. The fourth-order valence-electron chi connectivity index (χ4n) is 3.63. The molecular formula is C24H17BrN4. The van der Waals surface area contributed by atoms with Crippen molar-refractivity contribution in [2.24, 2.45) is 0 Å². The second-order valence-electron chi connectivity index (χ2n) is 6.65. The molecule has 4 aromatic rings. The standard InChI is InChI=1S/C24H17BrN4/c25-22-10-2-9-21(29-22)24(18-6-1-5-17(13-18)14-26)23(19-7-3-11-27-15-19)20-8-4-12-28-16-20/h1-13,15-16,23-24H. The fraction of sp³-hybridized carbons (Fsp3) is 0.0833. The summed E-state index contributed by atoms with van der Waals surface area (Å²) in [5.74, 6) is -0.178. The van der Waals surface area contributed by atoms with E-state index >= 15 is 0 Å². The minimum absolute atomic E-state index is 0.0619. The van der Waals surface area contributed by atoms with E-state index in [0.29, 0.717) is 5.56 Å². The molecule has 0 aliphatic carbocycles. The van der Waals surface area contributed by atoms with E-state index in [1.807, 2.05) is 67.0 Å². The van der Waals surface area contributed by atoms with Crippen LogP contribution in [0.25, 0.3) is 0 Å². The van der Waals surface area contributed by atoms with E-state index in [1.54, 1.807) is 12.4 Å². The predicted octanol–water partition coefficient (Wildman–Crippen LogP) is 5.47. The quantitative estimate of drug-likeness (QED) is 0.386. The van der Waals surface area contributed by atoms with Crippen LogP contribution in [0, 0.1) is 11.3 Å². The Morgan fingerprint density at radius 3 is 2.00 bits per heavy atom. The second-order valence-corrected chi connectivity index (χ2v) is 7.46. The lowest BCUT2D eigenvalue weighted by Crippen LogP contribution is -2.16. The van der Waals surface area contributed by atoms with Gasteiger partial charge < -0.3 is 0 Å². The van der Waals surface area contributed by atoms with Crippen LogP contribution >= 0.6 is 15.9 Å². The molecule has 4 rings (SSSR count). The summed E-state index contributed by atoms with van der Waals surface area (Å²) in [4.78, 5) is 13.5. The van der Waals surface area contributed by atoms with Gasteiger partial charge in [-0.1, -0.05) is 30.3 Å². The first-order chi connectivity index (χ1) is 14.3. The molecular weight excluding hydrogens is 424 g/mol. The number of nitriles is 1. The van der Waals surface area contributed by atoms with E-state index in [9.17, 15) is 5.26 Å². The van der Waals surface area contributed by atoms with Crippen LogP contribution in [-0.4, -0.2) is 15.0 Å². The van der Waals surface area contributed by atoms with Crippen LogP contribution in [-0.2, 0) is 0 Å². The lowest BCUT2D eigenvalue weighted by Gasteiger charge is -2.28. The summed E-state index contributed by atoms with van der Waals surface area (Å²) in [6.07, 6.45) is 7.31. The van der Waals surface area contributed by atoms with E-state index in [4.69, 9.17) is 4.98 Å². The molecule has 0 fully saturated rings. The van der Waals surface area contributed by atoms with Crippen LogP contribution in [0.2, 0.25) is 0 Å². The Morgan fingerprint density at radius 2 is 1.41 bits per heavy atom. The van der Waals surface area contributed by atoms with Crippen LogP contribution in [0.1, 0.15) is 39.8 Å². The Kier molecular flexibility index (Phi) is 5.73. The summed E-state index contributed by atoms with van der Waals surface area (Å²) >= 11 is 3.50. The third-order valence-electron chi connectivity index (χ3n) is 4.85. The summed E-state index contributed by atoms with van der Waals surface area (Å²) in [5.41, 5.74) is 4.68.